The van der Waals surface area contributed by atoms with Crippen LogP contribution in [0.3, 0.4) is 0 Å². The third kappa shape index (κ3) is 5.62. The predicted molar refractivity (Wildman–Crippen MR) is 72.9 cm³/mol. The molecule has 0 aromatic carbocycles. The van der Waals surface area contributed by atoms with Crippen molar-refractivity contribution in [2.45, 2.75) is 7.43 Å². The third-order valence-electron chi connectivity index (χ3n) is 1.37. The van der Waals surface area contributed by atoms with E-state index in [4.69, 9.17) is 34.4 Å². The standard InChI is InChI=1S/2C3H6N6.CH4/c2*4-1-7-2(5)9-3(6)8-1;/h2*(H6,4,5,6,7,8,9);1H4. The number of anilines is 6. The minimum Gasteiger partial charge on any atom is -0.368 e. The lowest BCUT2D eigenvalue weighted by molar-refractivity contribution is 1.09. The average molecular weight is 268 g/mol. The summed E-state index contributed by atoms with van der Waals surface area (Å²) < 4.78 is 0. The monoisotopic (exact) mass is 268 g/mol. The zero-order chi connectivity index (χ0) is 13.7. The van der Waals surface area contributed by atoms with Crippen molar-refractivity contribution in [1.29, 1.82) is 0 Å². The first-order valence-electron chi connectivity index (χ1n) is 4.42. The van der Waals surface area contributed by atoms with Gasteiger partial charge in [-0.2, -0.15) is 29.9 Å². The zero-order valence-corrected chi connectivity index (χ0v) is 9.15. The Hall–Kier alpha value is -3.18. The fourth-order valence-electron chi connectivity index (χ4n) is 0.854. The van der Waals surface area contributed by atoms with E-state index in [0.29, 0.717) is 0 Å². The van der Waals surface area contributed by atoms with Gasteiger partial charge in [0.15, 0.2) is 0 Å². The highest BCUT2D eigenvalue weighted by Crippen LogP contribution is 1.98. The Kier molecular flexibility index (Phi) is 5.44. The van der Waals surface area contributed by atoms with Crippen LogP contribution >= 0.6 is 0 Å². The van der Waals surface area contributed by atoms with Crippen LogP contribution in [0, 0.1) is 0 Å². The van der Waals surface area contributed by atoms with Gasteiger partial charge in [0.2, 0.25) is 35.7 Å². The highest BCUT2D eigenvalue weighted by atomic mass is 15.2. The number of nitrogens with zero attached hydrogens (tertiary/aromatic N) is 6. The van der Waals surface area contributed by atoms with Crippen molar-refractivity contribution in [1.82, 2.24) is 29.9 Å². The molecule has 12 nitrogen and oxygen atoms in total. The number of rotatable bonds is 0. The molecule has 0 aliphatic heterocycles. The third-order valence-corrected chi connectivity index (χ3v) is 1.37. The zero-order valence-electron chi connectivity index (χ0n) is 9.15. The molecule has 0 saturated carbocycles. The Labute approximate surface area is 108 Å². The second kappa shape index (κ2) is 6.53. The summed E-state index contributed by atoms with van der Waals surface area (Å²) in [4.78, 5) is 20.9. The Morgan fingerprint density at radius 3 is 0.579 bits per heavy atom. The van der Waals surface area contributed by atoms with Crippen LogP contribution in [0.5, 0.6) is 0 Å². The van der Waals surface area contributed by atoms with Crippen molar-refractivity contribution in [3.8, 4) is 0 Å². The highest BCUT2D eigenvalue weighted by molar-refractivity contribution is 5.33. The molecule has 19 heavy (non-hydrogen) atoms. The van der Waals surface area contributed by atoms with Crippen LogP contribution in [-0.2, 0) is 0 Å². The summed E-state index contributed by atoms with van der Waals surface area (Å²) in [6.07, 6.45) is 0. The van der Waals surface area contributed by atoms with Gasteiger partial charge >= 0.3 is 0 Å². The number of hydrogen-bond donors (Lipinski definition) is 6. The number of aromatic nitrogens is 6. The van der Waals surface area contributed by atoms with E-state index in [9.17, 15) is 0 Å². The van der Waals surface area contributed by atoms with E-state index < -0.39 is 0 Å². The predicted octanol–water partition coefficient (Wildman–Crippen LogP) is -2.13. The molecule has 0 aliphatic carbocycles. The van der Waals surface area contributed by atoms with Gasteiger partial charge in [0.25, 0.3) is 0 Å². The maximum atomic E-state index is 5.14. The van der Waals surface area contributed by atoms with Gasteiger partial charge in [-0.05, 0) is 0 Å². The first-order valence-corrected chi connectivity index (χ1v) is 4.42. The van der Waals surface area contributed by atoms with Crippen molar-refractivity contribution in [3.63, 3.8) is 0 Å². The number of nitrogens with two attached hydrogens (primary N) is 6. The van der Waals surface area contributed by atoms with Gasteiger partial charge in [0.1, 0.15) is 0 Å². The smallest absolute Gasteiger partial charge is 0.226 e. The van der Waals surface area contributed by atoms with E-state index in [1.54, 1.807) is 0 Å². The average Bonchev–Trinajstić information content (AvgIpc) is 2.12. The van der Waals surface area contributed by atoms with E-state index >= 15 is 0 Å². The minimum absolute atomic E-state index is 0. The maximum Gasteiger partial charge on any atom is 0.226 e. The van der Waals surface area contributed by atoms with Crippen molar-refractivity contribution in [3.05, 3.63) is 0 Å². The largest absolute Gasteiger partial charge is 0.368 e. The molecule has 0 radical (unpaired) electrons. The normalized spacial score (nSPS) is 8.84. The maximum absolute atomic E-state index is 5.14. The summed E-state index contributed by atoms with van der Waals surface area (Å²) in [5.41, 5.74) is 30.8. The van der Waals surface area contributed by atoms with Gasteiger partial charge in [0, 0.05) is 0 Å². The van der Waals surface area contributed by atoms with E-state index in [-0.39, 0.29) is 43.1 Å². The van der Waals surface area contributed by atoms with Crippen molar-refractivity contribution in [2.24, 2.45) is 0 Å². The van der Waals surface area contributed by atoms with Crippen LogP contribution in [0.1, 0.15) is 7.43 Å². The molecule has 12 heteroatoms. The minimum atomic E-state index is 0. The fraction of sp³-hybridized carbons (Fsp3) is 0.143. The van der Waals surface area contributed by atoms with E-state index in [0.717, 1.165) is 0 Å². The lowest BCUT2D eigenvalue weighted by atomic mass is 10.9. The van der Waals surface area contributed by atoms with E-state index in [1.165, 1.54) is 0 Å². The van der Waals surface area contributed by atoms with Crippen molar-refractivity contribution < 1.29 is 0 Å². The molecule has 0 spiro atoms. The summed E-state index contributed by atoms with van der Waals surface area (Å²) in [6, 6.07) is 0. The summed E-state index contributed by atoms with van der Waals surface area (Å²) >= 11 is 0. The van der Waals surface area contributed by atoms with E-state index in [1.807, 2.05) is 0 Å². The van der Waals surface area contributed by atoms with Gasteiger partial charge in [-0.25, -0.2) is 0 Å². The van der Waals surface area contributed by atoms with Gasteiger partial charge in [0.05, 0.1) is 0 Å². The van der Waals surface area contributed by atoms with Crippen LogP contribution in [0.2, 0.25) is 0 Å². The van der Waals surface area contributed by atoms with E-state index in [2.05, 4.69) is 29.9 Å². The first kappa shape index (κ1) is 15.8. The van der Waals surface area contributed by atoms with Crippen LogP contribution in [-0.4, -0.2) is 29.9 Å². The molecule has 0 atom stereocenters. The molecular formula is C7H16N12. The molecule has 0 saturated heterocycles. The van der Waals surface area contributed by atoms with Gasteiger partial charge in [-0.15, -0.1) is 0 Å². The van der Waals surface area contributed by atoms with Crippen molar-refractivity contribution in [2.75, 3.05) is 34.4 Å². The first-order chi connectivity index (χ1) is 8.36. The summed E-state index contributed by atoms with van der Waals surface area (Å²) in [5, 5.41) is 0. The molecule has 0 unspecified atom stereocenters. The Bertz CT molecular complexity index is 389. The van der Waals surface area contributed by atoms with Crippen LogP contribution in [0.25, 0.3) is 0 Å². The molecule has 0 fully saturated rings. The lowest BCUT2D eigenvalue weighted by Crippen LogP contribution is -2.05. The number of nitrogen functional groups attached to an aromatic ring is 6. The molecule has 0 amide bonds. The SMILES string of the molecule is C.Nc1nc(N)nc(N)n1.Nc1nc(N)nc(N)n1. The van der Waals surface area contributed by atoms with Crippen LogP contribution in [0.4, 0.5) is 35.7 Å². The molecule has 104 valence electrons. The number of hydrogen-bond acceptors (Lipinski definition) is 12. The van der Waals surface area contributed by atoms with Crippen LogP contribution < -0.4 is 34.4 Å². The summed E-state index contributed by atoms with van der Waals surface area (Å²) in [6.45, 7) is 0. The van der Waals surface area contributed by atoms with Gasteiger partial charge in [-0.3, -0.25) is 0 Å². The van der Waals surface area contributed by atoms with Gasteiger partial charge in [-0.1, -0.05) is 7.43 Å². The quantitative estimate of drug-likeness (QED) is 0.300. The van der Waals surface area contributed by atoms with Gasteiger partial charge < -0.3 is 34.4 Å². The second-order valence-corrected chi connectivity index (χ2v) is 2.82. The van der Waals surface area contributed by atoms with Crippen molar-refractivity contribution >= 4 is 35.7 Å². The Morgan fingerprint density at radius 1 is 0.368 bits per heavy atom. The molecule has 2 aromatic heterocycles. The van der Waals surface area contributed by atoms with Crippen LogP contribution in [0.15, 0.2) is 0 Å². The lowest BCUT2D eigenvalue weighted by Gasteiger charge is -1.93. The summed E-state index contributed by atoms with van der Waals surface area (Å²) in [7, 11) is 0. The fourth-order valence-corrected chi connectivity index (χ4v) is 0.854. The molecule has 2 rings (SSSR count). The second-order valence-electron chi connectivity index (χ2n) is 2.82. The molecule has 2 aromatic rings. The Balaban J connectivity index is 0.000000324. The molecule has 0 bridgehead atoms. The topological polar surface area (TPSA) is 233 Å². The molecular weight excluding hydrogens is 252 g/mol. The highest BCUT2D eigenvalue weighted by Gasteiger charge is 1.94. The summed E-state index contributed by atoms with van der Waals surface area (Å²) in [5.74, 6) is 0.250. The molecule has 12 N–H and O–H groups in total. The molecule has 0 aliphatic rings. The Morgan fingerprint density at radius 2 is 0.474 bits per heavy atom. The molecule has 2 heterocycles.